The van der Waals surface area contributed by atoms with Gasteiger partial charge in [-0.05, 0) is 30.5 Å². The number of benzene rings is 1. The van der Waals surface area contributed by atoms with Gasteiger partial charge in [-0.1, -0.05) is 13.8 Å². The molecule has 1 aromatic rings. The third-order valence-corrected chi connectivity index (χ3v) is 2.85. The summed E-state index contributed by atoms with van der Waals surface area (Å²) in [5.41, 5.74) is 0.448. The van der Waals surface area contributed by atoms with Crippen LogP contribution in [0.3, 0.4) is 0 Å². The summed E-state index contributed by atoms with van der Waals surface area (Å²) in [5, 5.41) is 11.2. The van der Waals surface area contributed by atoms with Gasteiger partial charge in [-0.3, -0.25) is 9.59 Å². The fourth-order valence-electron chi connectivity index (χ4n) is 1.73. The molecular formula is C16H23NO5. The predicted octanol–water partition coefficient (Wildman–Crippen LogP) is 2.32. The Bertz CT molecular complexity index is 513. The van der Waals surface area contributed by atoms with Crippen LogP contribution >= 0.6 is 0 Å². The Hall–Kier alpha value is -2.24. The first-order valence-electron chi connectivity index (χ1n) is 7.25. The molecule has 0 aliphatic carbocycles. The zero-order valence-electron chi connectivity index (χ0n) is 13.2. The summed E-state index contributed by atoms with van der Waals surface area (Å²) in [5.74, 6) is 0.348. The van der Waals surface area contributed by atoms with Crippen molar-refractivity contribution >= 4 is 11.9 Å². The zero-order valence-corrected chi connectivity index (χ0v) is 13.2. The van der Waals surface area contributed by atoms with Crippen molar-refractivity contribution in [2.75, 3.05) is 20.3 Å². The number of amides is 1. The monoisotopic (exact) mass is 309 g/mol. The summed E-state index contributed by atoms with van der Waals surface area (Å²) in [7, 11) is 1.52. The number of carbonyl (C=O) groups excluding carboxylic acids is 1. The minimum absolute atomic E-state index is 0.0333. The number of hydrogen-bond acceptors (Lipinski definition) is 4. The molecule has 1 amide bonds. The molecule has 1 aromatic carbocycles. The van der Waals surface area contributed by atoms with Crippen LogP contribution in [0.2, 0.25) is 0 Å². The fraction of sp³-hybridized carbons (Fsp3) is 0.500. The van der Waals surface area contributed by atoms with Crippen LogP contribution in [0.5, 0.6) is 11.5 Å². The molecule has 0 heterocycles. The molecule has 0 unspecified atom stereocenters. The second-order valence-electron chi connectivity index (χ2n) is 5.32. The van der Waals surface area contributed by atoms with E-state index in [4.69, 9.17) is 14.6 Å². The van der Waals surface area contributed by atoms with E-state index in [1.807, 2.05) is 13.8 Å². The quantitative estimate of drug-likeness (QED) is 0.684. The fourth-order valence-corrected chi connectivity index (χ4v) is 1.73. The second kappa shape index (κ2) is 8.92. The third-order valence-electron chi connectivity index (χ3n) is 2.85. The van der Waals surface area contributed by atoms with E-state index in [0.29, 0.717) is 42.6 Å². The minimum Gasteiger partial charge on any atom is -0.493 e. The molecule has 2 N–H and O–H groups in total. The highest BCUT2D eigenvalue weighted by atomic mass is 16.5. The maximum absolute atomic E-state index is 12.0. The molecule has 0 spiro atoms. The van der Waals surface area contributed by atoms with Gasteiger partial charge in [0.15, 0.2) is 11.5 Å². The van der Waals surface area contributed by atoms with Crippen molar-refractivity contribution in [1.82, 2.24) is 5.32 Å². The first-order valence-corrected chi connectivity index (χ1v) is 7.25. The number of aliphatic carboxylic acids is 1. The highest BCUT2D eigenvalue weighted by molar-refractivity contribution is 5.94. The first kappa shape index (κ1) is 17.8. The van der Waals surface area contributed by atoms with E-state index in [9.17, 15) is 9.59 Å². The van der Waals surface area contributed by atoms with Gasteiger partial charge in [0, 0.05) is 18.5 Å². The molecule has 0 atom stereocenters. The summed E-state index contributed by atoms with van der Waals surface area (Å²) in [6.07, 6.45) is 0.430. The Kier molecular flexibility index (Phi) is 7.22. The van der Waals surface area contributed by atoms with Gasteiger partial charge in [0.1, 0.15) is 0 Å². The maximum atomic E-state index is 12.0. The summed E-state index contributed by atoms with van der Waals surface area (Å²) >= 11 is 0. The largest absolute Gasteiger partial charge is 0.493 e. The zero-order chi connectivity index (χ0) is 16.5. The van der Waals surface area contributed by atoms with Crippen LogP contribution in [0.1, 0.15) is 37.0 Å². The van der Waals surface area contributed by atoms with Crippen molar-refractivity contribution in [3.63, 3.8) is 0 Å². The smallest absolute Gasteiger partial charge is 0.303 e. The van der Waals surface area contributed by atoms with Gasteiger partial charge < -0.3 is 19.9 Å². The van der Waals surface area contributed by atoms with E-state index in [1.54, 1.807) is 18.2 Å². The molecule has 0 fully saturated rings. The number of ether oxygens (including phenoxy) is 2. The topological polar surface area (TPSA) is 84.9 Å². The SMILES string of the molecule is COc1cc(C(=O)NCCCC(=O)O)ccc1OCC(C)C. The molecular weight excluding hydrogens is 286 g/mol. The highest BCUT2D eigenvalue weighted by Crippen LogP contribution is 2.28. The first-order chi connectivity index (χ1) is 10.4. The number of hydrogen-bond donors (Lipinski definition) is 2. The Labute approximate surface area is 130 Å². The summed E-state index contributed by atoms with van der Waals surface area (Å²) in [6.45, 7) is 4.98. The molecule has 0 aromatic heterocycles. The van der Waals surface area contributed by atoms with Gasteiger partial charge in [0.05, 0.1) is 13.7 Å². The van der Waals surface area contributed by atoms with Crippen LogP contribution in [0.15, 0.2) is 18.2 Å². The van der Waals surface area contributed by atoms with Crippen molar-refractivity contribution < 1.29 is 24.2 Å². The highest BCUT2D eigenvalue weighted by Gasteiger charge is 2.11. The second-order valence-corrected chi connectivity index (χ2v) is 5.32. The lowest BCUT2D eigenvalue weighted by atomic mass is 10.1. The van der Waals surface area contributed by atoms with Gasteiger partial charge in [-0.15, -0.1) is 0 Å². The van der Waals surface area contributed by atoms with E-state index >= 15 is 0 Å². The van der Waals surface area contributed by atoms with Gasteiger partial charge in [-0.2, -0.15) is 0 Å². The van der Waals surface area contributed by atoms with Crippen LogP contribution < -0.4 is 14.8 Å². The lowest BCUT2D eigenvalue weighted by Gasteiger charge is -2.13. The number of carboxylic acid groups (broad SMARTS) is 1. The van der Waals surface area contributed by atoms with E-state index in [1.165, 1.54) is 7.11 Å². The van der Waals surface area contributed by atoms with Crippen LogP contribution in [0, 0.1) is 5.92 Å². The van der Waals surface area contributed by atoms with E-state index in [2.05, 4.69) is 5.32 Å². The lowest BCUT2D eigenvalue weighted by molar-refractivity contribution is -0.137. The predicted molar refractivity (Wildman–Crippen MR) is 82.5 cm³/mol. The average Bonchev–Trinajstić information content (AvgIpc) is 2.48. The standard InChI is InChI=1S/C16H23NO5/c1-11(2)10-22-13-7-6-12(9-14(13)21-3)16(20)17-8-4-5-15(18)19/h6-7,9,11H,4-5,8,10H2,1-3H3,(H,17,20)(H,18,19). The van der Waals surface area contributed by atoms with Crippen molar-refractivity contribution in [3.8, 4) is 11.5 Å². The summed E-state index contributed by atoms with van der Waals surface area (Å²) in [6, 6.07) is 4.97. The molecule has 0 aliphatic heterocycles. The molecule has 6 nitrogen and oxygen atoms in total. The molecule has 1 rings (SSSR count). The molecule has 0 saturated carbocycles. The van der Waals surface area contributed by atoms with Gasteiger partial charge in [0.25, 0.3) is 5.91 Å². The third kappa shape index (κ3) is 6.03. The molecule has 122 valence electrons. The Morgan fingerprint density at radius 2 is 2.00 bits per heavy atom. The Morgan fingerprint density at radius 1 is 1.27 bits per heavy atom. The van der Waals surface area contributed by atoms with Crippen LogP contribution in [-0.4, -0.2) is 37.2 Å². The van der Waals surface area contributed by atoms with Crippen molar-refractivity contribution in [1.29, 1.82) is 0 Å². The van der Waals surface area contributed by atoms with E-state index < -0.39 is 5.97 Å². The van der Waals surface area contributed by atoms with E-state index in [0.717, 1.165) is 0 Å². The number of rotatable bonds is 9. The normalized spacial score (nSPS) is 10.4. The number of carbonyl (C=O) groups is 2. The molecule has 0 radical (unpaired) electrons. The minimum atomic E-state index is -0.873. The molecule has 0 bridgehead atoms. The molecule has 0 saturated heterocycles. The van der Waals surface area contributed by atoms with E-state index in [-0.39, 0.29) is 12.3 Å². The average molecular weight is 309 g/mol. The van der Waals surface area contributed by atoms with Crippen LogP contribution in [-0.2, 0) is 4.79 Å². The van der Waals surface area contributed by atoms with Crippen molar-refractivity contribution in [3.05, 3.63) is 23.8 Å². The number of methoxy groups -OCH3 is 1. The maximum Gasteiger partial charge on any atom is 0.303 e. The van der Waals surface area contributed by atoms with Crippen LogP contribution in [0.4, 0.5) is 0 Å². The van der Waals surface area contributed by atoms with Gasteiger partial charge in [0.2, 0.25) is 0 Å². The molecule has 0 aliphatic rings. The van der Waals surface area contributed by atoms with Crippen LogP contribution in [0.25, 0.3) is 0 Å². The van der Waals surface area contributed by atoms with Crippen molar-refractivity contribution in [2.45, 2.75) is 26.7 Å². The number of carboxylic acids is 1. The molecule has 6 heteroatoms. The number of nitrogens with one attached hydrogen (secondary N) is 1. The van der Waals surface area contributed by atoms with Gasteiger partial charge >= 0.3 is 5.97 Å². The molecule has 22 heavy (non-hydrogen) atoms. The lowest BCUT2D eigenvalue weighted by Crippen LogP contribution is -2.24. The summed E-state index contributed by atoms with van der Waals surface area (Å²) in [4.78, 5) is 22.4. The summed E-state index contributed by atoms with van der Waals surface area (Å²) < 4.78 is 10.9. The van der Waals surface area contributed by atoms with Crippen molar-refractivity contribution in [2.24, 2.45) is 5.92 Å². The van der Waals surface area contributed by atoms with Gasteiger partial charge in [-0.25, -0.2) is 0 Å². The Morgan fingerprint density at radius 3 is 2.59 bits per heavy atom. The Balaban J connectivity index is 2.63.